The number of rotatable bonds is 11. The van der Waals surface area contributed by atoms with Crippen LogP contribution in [0.4, 0.5) is 5.82 Å². The largest absolute Gasteiger partial charge is 0.388 e. The molecule has 0 aliphatic heterocycles. The van der Waals surface area contributed by atoms with Crippen molar-refractivity contribution in [1.29, 1.82) is 0 Å². The molecule has 4 aromatic rings. The van der Waals surface area contributed by atoms with Crippen LogP contribution in [0.2, 0.25) is 0 Å². The molecule has 8 heteroatoms. The summed E-state index contributed by atoms with van der Waals surface area (Å²) in [5.41, 5.74) is 3.37. The Hall–Kier alpha value is -3.75. The maximum Gasteiger partial charge on any atom is 0.216 e. The van der Waals surface area contributed by atoms with Gasteiger partial charge in [0.1, 0.15) is 11.5 Å². The Morgan fingerprint density at radius 3 is 2.53 bits per heavy atom. The van der Waals surface area contributed by atoms with Gasteiger partial charge in [0.25, 0.3) is 0 Å². The number of carbonyl (C=O) groups excluding carboxylic acids is 1. The summed E-state index contributed by atoms with van der Waals surface area (Å²) >= 11 is 0. The number of nitrogens with zero attached hydrogens (tertiary/aromatic N) is 2. The lowest BCUT2D eigenvalue weighted by molar-refractivity contribution is -0.118. The number of anilines is 1. The Kier molecular flexibility index (Phi) is 7.85. The molecule has 176 valence electrons. The second-order valence-electron chi connectivity index (χ2n) is 8.00. The van der Waals surface area contributed by atoms with E-state index in [2.05, 4.69) is 15.6 Å². The lowest BCUT2D eigenvalue weighted by Crippen LogP contribution is -2.26. The molecule has 0 saturated heterocycles. The predicted octanol–water partition coefficient (Wildman–Crippen LogP) is 3.81. The summed E-state index contributed by atoms with van der Waals surface area (Å²) in [6.45, 7) is 3.31. The molecule has 0 radical (unpaired) electrons. The van der Waals surface area contributed by atoms with Crippen LogP contribution < -0.4 is 10.6 Å². The highest BCUT2D eigenvalue weighted by molar-refractivity contribution is 5.89. The fourth-order valence-corrected chi connectivity index (χ4v) is 3.63. The summed E-state index contributed by atoms with van der Waals surface area (Å²) in [6.07, 6.45) is -0.0411. The van der Waals surface area contributed by atoms with Gasteiger partial charge >= 0.3 is 0 Å². The molecule has 8 nitrogen and oxygen atoms in total. The van der Waals surface area contributed by atoms with Gasteiger partial charge in [-0.2, -0.15) is 0 Å². The van der Waals surface area contributed by atoms with Crippen molar-refractivity contribution in [2.24, 2.45) is 0 Å². The number of hydrogen-bond donors (Lipinski definition) is 4. The molecule has 2 heterocycles. The topological polar surface area (TPSA) is 112 Å². The van der Waals surface area contributed by atoms with E-state index in [0.717, 1.165) is 22.2 Å². The second-order valence-corrected chi connectivity index (χ2v) is 8.00. The number of benzene rings is 2. The monoisotopic (exact) mass is 459 g/mol. The minimum Gasteiger partial charge on any atom is -0.388 e. The lowest BCUT2D eigenvalue weighted by Gasteiger charge is -2.10. The number of hydrogen-bond acceptors (Lipinski definition) is 6. The molecule has 0 aliphatic rings. The van der Waals surface area contributed by atoms with E-state index in [1.807, 2.05) is 66.7 Å². The molecule has 2 aromatic heterocycles. The Balaban J connectivity index is 1.45. The van der Waals surface area contributed by atoms with Gasteiger partial charge in [-0.1, -0.05) is 60.7 Å². The quantitative estimate of drug-likeness (QED) is 0.254. The van der Waals surface area contributed by atoms with Crippen molar-refractivity contribution in [1.82, 2.24) is 20.3 Å². The van der Waals surface area contributed by atoms with Crippen molar-refractivity contribution in [3.05, 3.63) is 78.0 Å². The lowest BCUT2D eigenvalue weighted by atomic mass is 10.1. The molecule has 0 bridgehead atoms. The Bertz CT molecular complexity index is 1210. The van der Waals surface area contributed by atoms with E-state index < -0.39 is 6.10 Å². The minimum atomic E-state index is -0.553. The van der Waals surface area contributed by atoms with Gasteiger partial charge in [0.15, 0.2) is 5.82 Å². The van der Waals surface area contributed by atoms with Crippen LogP contribution in [0.25, 0.3) is 22.4 Å². The number of aromatic nitrogens is 3. The van der Waals surface area contributed by atoms with Crippen LogP contribution in [0.3, 0.4) is 0 Å². The SMILES string of the molecule is CC(=O)NCCNc1nc(-c2ccccc2)nc2[nH]c(COCC[C@H](O)c3ccccc3)cc12. The average Bonchev–Trinajstić information content (AvgIpc) is 3.28. The van der Waals surface area contributed by atoms with Gasteiger partial charge in [-0.05, 0) is 11.6 Å². The molecule has 0 spiro atoms. The first-order chi connectivity index (χ1) is 16.6. The third kappa shape index (κ3) is 6.18. The highest BCUT2D eigenvalue weighted by Crippen LogP contribution is 2.26. The molecule has 0 unspecified atom stereocenters. The Morgan fingerprint density at radius 2 is 1.79 bits per heavy atom. The first-order valence-corrected chi connectivity index (χ1v) is 11.3. The maximum absolute atomic E-state index is 11.2. The number of fused-ring (bicyclic) bond motifs is 1. The number of amides is 1. The third-order valence-electron chi connectivity index (χ3n) is 5.34. The van der Waals surface area contributed by atoms with Crippen LogP contribution in [0.15, 0.2) is 66.7 Å². The van der Waals surface area contributed by atoms with Crippen LogP contribution in [0.5, 0.6) is 0 Å². The predicted molar refractivity (Wildman–Crippen MR) is 132 cm³/mol. The highest BCUT2D eigenvalue weighted by Gasteiger charge is 2.13. The summed E-state index contributed by atoms with van der Waals surface area (Å²) < 4.78 is 5.81. The summed E-state index contributed by atoms with van der Waals surface area (Å²) in [7, 11) is 0. The number of aliphatic hydroxyl groups is 1. The first-order valence-electron chi connectivity index (χ1n) is 11.3. The molecule has 0 fully saturated rings. The van der Waals surface area contributed by atoms with Gasteiger partial charge in [0.05, 0.1) is 18.1 Å². The molecule has 1 atom stereocenters. The van der Waals surface area contributed by atoms with E-state index in [-0.39, 0.29) is 5.91 Å². The zero-order valence-corrected chi connectivity index (χ0v) is 19.1. The van der Waals surface area contributed by atoms with E-state index in [4.69, 9.17) is 14.7 Å². The molecule has 0 saturated carbocycles. The van der Waals surface area contributed by atoms with E-state index >= 15 is 0 Å². The van der Waals surface area contributed by atoms with Crippen LogP contribution >= 0.6 is 0 Å². The van der Waals surface area contributed by atoms with Crippen molar-refractivity contribution in [3.8, 4) is 11.4 Å². The van der Waals surface area contributed by atoms with Gasteiger partial charge in [0.2, 0.25) is 5.91 Å². The van der Waals surface area contributed by atoms with Crippen LogP contribution in [-0.4, -0.2) is 45.7 Å². The second kappa shape index (κ2) is 11.4. The van der Waals surface area contributed by atoms with E-state index in [1.165, 1.54) is 6.92 Å². The Morgan fingerprint density at radius 1 is 1.06 bits per heavy atom. The molecule has 1 amide bonds. The molecular formula is C26H29N5O3. The molecule has 4 rings (SSSR count). The first kappa shape index (κ1) is 23.4. The molecule has 34 heavy (non-hydrogen) atoms. The number of carbonyl (C=O) groups is 1. The summed E-state index contributed by atoms with van der Waals surface area (Å²) in [6, 6.07) is 21.3. The number of aliphatic hydroxyl groups excluding tert-OH is 1. The van der Waals surface area contributed by atoms with E-state index in [1.54, 1.807) is 0 Å². The van der Waals surface area contributed by atoms with Crippen molar-refractivity contribution in [3.63, 3.8) is 0 Å². The number of aromatic amines is 1. The van der Waals surface area contributed by atoms with Gasteiger partial charge < -0.3 is 25.5 Å². The molecule has 4 N–H and O–H groups in total. The standard InChI is InChI=1S/C26H29N5O3/c1-18(32)27-13-14-28-25-22-16-21(17-34-15-12-23(33)19-8-4-2-5-9-19)29-26(22)31-24(30-25)20-10-6-3-7-11-20/h2-11,16,23,33H,12-15,17H2,1H3,(H,27,32)(H2,28,29,30,31)/t23-/m0/s1. The fraction of sp³-hybridized carbons (Fsp3) is 0.269. The summed E-state index contributed by atoms with van der Waals surface area (Å²) in [5.74, 6) is 1.23. The molecule has 0 aliphatic carbocycles. The van der Waals surface area contributed by atoms with Crippen molar-refractivity contribution in [2.75, 3.05) is 25.0 Å². The van der Waals surface area contributed by atoms with Crippen molar-refractivity contribution < 1.29 is 14.6 Å². The van der Waals surface area contributed by atoms with Gasteiger partial charge in [-0.15, -0.1) is 0 Å². The van der Waals surface area contributed by atoms with Crippen molar-refractivity contribution >= 4 is 22.8 Å². The number of nitrogens with one attached hydrogen (secondary N) is 3. The molecular weight excluding hydrogens is 430 g/mol. The Labute approximate surface area is 198 Å². The van der Waals surface area contributed by atoms with Gasteiger partial charge in [0, 0.05) is 44.3 Å². The van der Waals surface area contributed by atoms with E-state index in [9.17, 15) is 9.90 Å². The summed E-state index contributed by atoms with van der Waals surface area (Å²) in [4.78, 5) is 23.9. The zero-order valence-electron chi connectivity index (χ0n) is 19.1. The summed E-state index contributed by atoms with van der Waals surface area (Å²) in [5, 5.41) is 17.2. The van der Waals surface area contributed by atoms with Gasteiger partial charge in [-0.25, -0.2) is 9.97 Å². The van der Waals surface area contributed by atoms with Crippen molar-refractivity contribution in [2.45, 2.75) is 26.1 Å². The van der Waals surface area contributed by atoms with Crippen LogP contribution in [0.1, 0.15) is 30.7 Å². The number of ether oxygens (including phenoxy) is 1. The minimum absolute atomic E-state index is 0.0712. The van der Waals surface area contributed by atoms with E-state index in [0.29, 0.717) is 50.0 Å². The van der Waals surface area contributed by atoms with Crippen LogP contribution in [-0.2, 0) is 16.1 Å². The fourth-order valence-electron chi connectivity index (χ4n) is 3.63. The zero-order chi connectivity index (χ0) is 23.8. The van der Waals surface area contributed by atoms with Crippen LogP contribution in [0, 0.1) is 0 Å². The molecule has 2 aromatic carbocycles. The smallest absolute Gasteiger partial charge is 0.216 e. The maximum atomic E-state index is 11.2. The average molecular weight is 460 g/mol. The van der Waals surface area contributed by atoms with Gasteiger partial charge in [-0.3, -0.25) is 4.79 Å². The highest BCUT2D eigenvalue weighted by atomic mass is 16.5. The normalized spacial score (nSPS) is 11.9. The third-order valence-corrected chi connectivity index (χ3v) is 5.34. The number of H-pyrrole nitrogens is 1.